The molecule has 0 heterocycles. The first-order chi connectivity index (χ1) is 12.6. The largest absolute Gasteiger partial charge is 0.460 e. The Bertz CT molecular complexity index is 804. The molecule has 0 radical (unpaired) electrons. The lowest BCUT2D eigenvalue weighted by molar-refractivity contribution is -0.147. The van der Waals surface area contributed by atoms with Crippen LogP contribution in [0.15, 0.2) is 59.5 Å². The average molecular weight is 394 g/mol. The van der Waals surface area contributed by atoms with E-state index in [0.717, 1.165) is 17.5 Å². The lowest BCUT2D eigenvalue weighted by atomic mass is 10.0. The van der Waals surface area contributed by atoms with Crippen molar-refractivity contribution in [1.29, 1.82) is 0 Å². The smallest absolute Gasteiger partial charge is 0.323 e. The number of esters is 1. The summed E-state index contributed by atoms with van der Waals surface area (Å²) in [6, 6.07) is 15.1. The third-order valence-corrected chi connectivity index (χ3v) is 4.94. The molecule has 0 aliphatic rings. The van der Waals surface area contributed by atoms with E-state index in [1.807, 2.05) is 51.1 Å². The van der Waals surface area contributed by atoms with Crippen LogP contribution >= 0.6 is 0 Å². The van der Waals surface area contributed by atoms with E-state index in [2.05, 4.69) is 0 Å². The molecule has 0 saturated carbocycles. The summed E-state index contributed by atoms with van der Waals surface area (Å²) in [5.41, 5.74) is 7.70. The van der Waals surface area contributed by atoms with Gasteiger partial charge in [-0.15, -0.1) is 0 Å². The van der Waals surface area contributed by atoms with Crippen LogP contribution in [0.25, 0.3) is 0 Å². The van der Waals surface area contributed by atoms with Crippen LogP contribution in [0.1, 0.15) is 31.4 Å². The van der Waals surface area contributed by atoms with Crippen molar-refractivity contribution in [2.24, 2.45) is 11.7 Å². The second kappa shape index (κ2) is 10.8. The van der Waals surface area contributed by atoms with Crippen LogP contribution in [-0.4, -0.2) is 25.0 Å². The fourth-order valence-corrected chi connectivity index (χ4v) is 2.50. The van der Waals surface area contributed by atoms with Crippen LogP contribution in [0.4, 0.5) is 0 Å². The van der Waals surface area contributed by atoms with Gasteiger partial charge in [0.2, 0.25) is 0 Å². The highest BCUT2D eigenvalue weighted by atomic mass is 32.2. The number of aryl methyl sites for hydroxylation is 1. The summed E-state index contributed by atoms with van der Waals surface area (Å²) in [4.78, 5) is 11.5. The molecule has 0 aromatic heterocycles. The van der Waals surface area contributed by atoms with Crippen molar-refractivity contribution in [2.75, 3.05) is 0 Å². The van der Waals surface area contributed by atoms with E-state index in [-0.39, 0.29) is 16.8 Å². The molecule has 7 heteroatoms. The molecule has 2 atom stereocenters. The summed E-state index contributed by atoms with van der Waals surface area (Å²) in [5, 5.41) is 0. The van der Waals surface area contributed by atoms with Crippen molar-refractivity contribution in [2.45, 2.75) is 44.7 Å². The molecule has 0 bridgehead atoms. The number of ether oxygens (including phenoxy) is 1. The molecule has 0 fully saturated rings. The van der Waals surface area contributed by atoms with Gasteiger partial charge in [0.1, 0.15) is 12.6 Å². The highest BCUT2D eigenvalue weighted by Crippen LogP contribution is 2.09. The maximum absolute atomic E-state index is 11.6. The lowest BCUT2D eigenvalue weighted by Crippen LogP contribution is -2.37. The Labute approximate surface area is 161 Å². The number of hydrogen-bond donors (Lipinski definition) is 2. The minimum Gasteiger partial charge on any atom is -0.460 e. The molecule has 27 heavy (non-hydrogen) atoms. The van der Waals surface area contributed by atoms with Crippen molar-refractivity contribution in [3.05, 3.63) is 65.7 Å². The molecule has 148 valence electrons. The number of benzene rings is 2. The Morgan fingerprint density at radius 1 is 1.11 bits per heavy atom. The summed E-state index contributed by atoms with van der Waals surface area (Å²) in [7, 11) is -4.02. The van der Waals surface area contributed by atoms with Gasteiger partial charge in [0, 0.05) is 0 Å². The first-order valence-corrected chi connectivity index (χ1v) is 10.1. The monoisotopic (exact) mass is 393 g/mol. The zero-order valence-electron chi connectivity index (χ0n) is 15.8. The van der Waals surface area contributed by atoms with Crippen molar-refractivity contribution >= 4 is 16.1 Å². The molecule has 0 aliphatic heterocycles. The van der Waals surface area contributed by atoms with Crippen LogP contribution in [0.3, 0.4) is 0 Å². The summed E-state index contributed by atoms with van der Waals surface area (Å²) in [6.45, 7) is 6.10. The minimum atomic E-state index is -4.02. The molecule has 6 nitrogen and oxygen atoms in total. The van der Waals surface area contributed by atoms with Gasteiger partial charge in [-0.3, -0.25) is 9.35 Å². The molecular formula is C20H27NO5S. The zero-order valence-corrected chi connectivity index (χ0v) is 16.6. The summed E-state index contributed by atoms with van der Waals surface area (Å²) >= 11 is 0. The fourth-order valence-electron chi connectivity index (χ4n) is 2.02. The molecule has 0 amide bonds. The highest BCUT2D eigenvalue weighted by molar-refractivity contribution is 7.85. The molecule has 0 spiro atoms. The topological polar surface area (TPSA) is 107 Å². The number of hydrogen-bond acceptors (Lipinski definition) is 5. The van der Waals surface area contributed by atoms with Gasteiger partial charge in [-0.2, -0.15) is 8.42 Å². The SMILES string of the molecule is CCC(C)[C@H](N)C(=O)OCc1ccccc1.Cc1ccc(S(=O)(=O)O)cc1. The normalized spacial score (nSPS) is 13.1. The molecule has 0 saturated heterocycles. The Morgan fingerprint density at radius 2 is 1.67 bits per heavy atom. The first-order valence-electron chi connectivity index (χ1n) is 8.65. The van der Waals surface area contributed by atoms with Gasteiger partial charge in [0.05, 0.1) is 4.90 Å². The fraction of sp³-hybridized carbons (Fsp3) is 0.350. The van der Waals surface area contributed by atoms with E-state index in [1.165, 1.54) is 12.1 Å². The Morgan fingerprint density at radius 3 is 2.15 bits per heavy atom. The van der Waals surface area contributed by atoms with E-state index >= 15 is 0 Å². The summed E-state index contributed by atoms with van der Waals surface area (Å²) in [5.74, 6) is -0.165. The number of carbonyl (C=O) groups excluding carboxylic acids is 1. The van der Waals surface area contributed by atoms with Crippen molar-refractivity contribution in [3.63, 3.8) is 0 Å². The molecule has 1 unspecified atom stereocenters. The maximum Gasteiger partial charge on any atom is 0.323 e. The Balaban J connectivity index is 0.000000289. The summed E-state index contributed by atoms with van der Waals surface area (Å²) < 4.78 is 34.7. The lowest BCUT2D eigenvalue weighted by Gasteiger charge is -2.16. The second-order valence-corrected chi connectivity index (χ2v) is 7.71. The second-order valence-electron chi connectivity index (χ2n) is 6.29. The molecule has 2 aromatic rings. The zero-order chi connectivity index (χ0) is 20.4. The number of rotatable bonds is 6. The van der Waals surface area contributed by atoms with Crippen LogP contribution in [0.5, 0.6) is 0 Å². The van der Waals surface area contributed by atoms with Crippen LogP contribution in [0.2, 0.25) is 0 Å². The van der Waals surface area contributed by atoms with Gasteiger partial charge < -0.3 is 10.5 Å². The third-order valence-electron chi connectivity index (χ3n) is 4.07. The molecule has 0 aliphatic carbocycles. The van der Waals surface area contributed by atoms with Crippen molar-refractivity contribution in [1.82, 2.24) is 0 Å². The van der Waals surface area contributed by atoms with E-state index in [0.29, 0.717) is 6.61 Å². The van der Waals surface area contributed by atoms with Crippen LogP contribution < -0.4 is 5.73 Å². The predicted octanol–water partition coefficient (Wildman–Crippen LogP) is 3.34. The quantitative estimate of drug-likeness (QED) is 0.576. The van der Waals surface area contributed by atoms with Crippen LogP contribution in [0, 0.1) is 12.8 Å². The van der Waals surface area contributed by atoms with Gasteiger partial charge in [0.25, 0.3) is 10.1 Å². The maximum atomic E-state index is 11.6. The standard InChI is InChI=1S/C13H19NO2.C7H8O3S/c1-3-10(2)12(14)13(15)16-9-11-7-5-4-6-8-11;1-6-2-4-7(5-3-6)11(8,9)10/h4-8,10,12H,3,9,14H2,1-2H3;2-5H,1H3,(H,8,9,10)/t10?,12-;/m0./s1. The third kappa shape index (κ3) is 8.34. The van der Waals surface area contributed by atoms with E-state index in [1.54, 1.807) is 12.1 Å². The van der Waals surface area contributed by atoms with Gasteiger partial charge in [0.15, 0.2) is 0 Å². The first kappa shape index (κ1) is 22.8. The van der Waals surface area contributed by atoms with Crippen molar-refractivity contribution < 1.29 is 22.5 Å². The van der Waals surface area contributed by atoms with Crippen molar-refractivity contribution in [3.8, 4) is 0 Å². The Hall–Kier alpha value is -2.22. The van der Waals surface area contributed by atoms with Crippen LogP contribution in [-0.2, 0) is 26.3 Å². The predicted molar refractivity (Wildman–Crippen MR) is 105 cm³/mol. The number of nitrogens with two attached hydrogens (primary N) is 1. The van der Waals surface area contributed by atoms with Gasteiger partial charge >= 0.3 is 5.97 Å². The Kier molecular flexibility index (Phi) is 9.14. The van der Waals surface area contributed by atoms with E-state index in [4.69, 9.17) is 15.0 Å². The van der Waals surface area contributed by atoms with E-state index in [9.17, 15) is 13.2 Å². The summed E-state index contributed by atoms with van der Waals surface area (Å²) in [6.07, 6.45) is 0.877. The molecule has 2 aromatic carbocycles. The number of carbonyl (C=O) groups is 1. The highest BCUT2D eigenvalue weighted by Gasteiger charge is 2.20. The van der Waals surface area contributed by atoms with E-state index < -0.39 is 16.2 Å². The average Bonchev–Trinajstić information content (AvgIpc) is 2.65. The van der Waals surface area contributed by atoms with Gasteiger partial charge in [-0.25, -0.2) is 0 Å². The molecular weight excluding hydrogens is 366 g/mol. The minimum absolute atomic E-state index is 0.0666. The molecule has 3 N–H and O–H groups in total. The molecule has 2 rings (SSSR count). The van der Waals surface area contributed by atoms with Gasteiger partial charge in [-0.1, -0.05) is 68.3 Å². The van der Waals surface area contributed by atoms with Gasteiger partial charge in [-0.05, 0) is 30.5 Å².